The summed E-state index contributed by atoms with van der Waals surface area (Å²) >= 11 is 0. The first-order chi connectivity index (χ1) is 24.1. The second-order valence-electron chi connectivity index (χ2n) is 14.2. The lowest BCUT2D eigenvalue weighted by atomic mass is 9.88. The Labute approximate surface area is 296 Å². The van der Waals surface area contributed by atoms with Gasteiger partial charge in [-0.1, -0.05) is 62.6 Å². The highest BCUT2D eigenvalue weighted by Crippen LogP contribution is 2.30. The third kappa shape index (κ3) is 9.54. The van der Waals surface area contributed by atoms with Crippen LogP contribution in [-0.4, -0.2) is 84.4 Å². The van der Waals surface area contributed by atoms with Gasteiger partial charge in [0.25, 0.3) is 5.91 Å². The van der Waals surface area contributed by atoms with E-state index in [2.05, 4.69) is 10.6 Å². The van der Waals surface area contributed by atoms with E-state index in [1.54, 1.807) is 35.0 Å². The molecule has 4 atom stereocenters. The number of carbonyl (C=O) groups is 3. The van der Waals surface area contributed by atoms with Crippen LogP contribution in [-0.2, 0) is 9.53 Å². The summed E-state index contributed by atoms with van der Waals surface area (Å²) in [5.74, 6) is -0.0838. The minimum absolute atomic E-state index is 0.0184. The Morgan fingerprint density at radius 3 is 2.48 bits per heavy atom. The lowest BCUT2D eigenvalue weighted by molar-refractivity contribution is -0.120. The number of aliphatic hydroxyl groups excluding tert-OH is 1. The van der Waals surface area contributed by atoms with Crippen LogP contribution in [0.1, 0.15) is 82.5 Å². The van der Waals surface area contributed by atoms with E-state index in [4.69, 9.17) is 9.47 Å². The van der Waals surface area contributed by atoms with Crippen LogP contribution in [0.3, 0.4) is 0 Å². The van der Waals surface area contributed by atoms with Gasteiger partial charge in [0, 0.05) is 49.7 Å². The number of hydrogen-bond donors (Lipinski definition) is 3. The lowest BCUT2D eigenvalue weighted by Crippen LogP contribution is -2.48. The molecule has 10 nitrogen and oxygen atoms in total. The molecule has 1 fully saturated rings. The molecule has 5 rings (SSSR count). The fourth-order valence-corrected chi connectivity index (χ4v) is 6.97. The van der Waals surface area contributed by atoms with E-state index in [0.717, 1.165) is 67.8 Å². The molecule has 3 N–H and O–H groups in total. The molecule has 10 heteroatoms. The number of benzene rings is 3. The van der Waals surface area contributed by atoms with Crippen LogP contribution in [0.15, 0.2) is 60.7 Å². The van der Waals surface area contributed by atoms with Crippen molar-refractivity contribution in [3.63, 3.8) is 0 Å². The normalized spacial score (nSPS) is 21.7. The monoisotopic (exact) mass is 686 g/mol. The quantitative estimate of drug-likeness (QED) is 0.240. The number of rotatable bonds is 7. The van der Waals surface area contributed by atoms with E-state index in [1.807, 2.05) is 63.2 Å². The molecule has 3 aromatic rings. The Morgan fingerprint density at radius 1 is 0.960 bits per heavy atom. The molecule has 1 aliphatic heterocycles. The van der Waals surface area contributed by atoms with Gasteiger partial charge in [0.05, 0.1) is 36.1 Å². The Morgan fingerprint density at radius 2 is 1.70 bits per heavy atom. The maximum Gasteiger partial charge on any atom is 0.321 e. The number of anilines is 2. The van der Waals surface area contributed by atoms with Gasteiger partial charge in [-0.15, -0.1) is 0 Å². The number of likely N-dealkylation sites (N-methyl/N-ethyl adjacent to an activating group) is 1. The van der Waals surface area contributed by atoms with E-state index < -0.39 is 6.04 Å². The van der Waals surface area contributed by atoms with Crippen molar-refractivity contribution >= 4 is 40.0 Å². The molecule has 4 amide bonds. The van der Waals surface area contributed by atoms with Crippen molar-refractivity contribution in [1.29, 1.82) is 0 Å². The Hall–Kier alpha value is -4.15. The number of urea groups is 1. The Kier molecular flexibility index (Phi) is 13.1. The maximum atomic E-state index is 14.5. The highest BCUT2D eigenvalue weighted by atomic mass is 16.5. The second-order valence-corrected chi connectivity index (χ2v) is 14.2. The molecule has 1 heterocycles. The van der Waals surface area contributed by atoms with Gasteiger partial charge in [-0.25, -0.2) is 4.79 Å². The van der Waals surface area contributed by atoms with Crippen LogP contribution in [0.25, 0.3) is 10.8 Å². The minimum Gasteiger partial charge on any atom is -0.490 e. The van der Waals surface area contributed by atoms with Gasteiger partial charge in [-0.3, -0.25) is 9.59 Å². The SMILES string of the molecule is C[C@@H]1CCCCO[C@H](CN(C)C(=O)Nc2cccc3ccccc23)[C@H](C)CN([C@H](C)CO)C(=O)c2cc(NC(=O)C3CCCCC3)ccc2O1. The van der Waals surface area contributed by atoms with Gasteiger partial charge in [0.15, 0.2) is 0 Å². The summed E-state index contributed by atoms with van der Waals surface area (Å²) in [5, 5.41) is 18.4. The van der Waals surface area contributed by atoms with Gasteiger partial charge < -0.3 is 35.0 Å². The number of nitrogens with one attached hydrogen (secondary N) is 2. The number of fused-ring (bicyclic) bond motifs is 2. The second kappa shape index (κ2) is 17.7. The van der Waals surface area contributed by atoms with Crippen molar-refractivity contribution in [2.24, 2.45) is 11.8 Å². The zero-order valence-corrected chi connectivity index (χ0v) is 30.0. The zero-order chi connectivity index (χ0) is 35.6. The number of nitrogens with zero attached hydrogens (tertiary/aromatic N) is 2. The van der Waals surface area contributed by atoms with Crippen molar-refractivity contribution in [3.8, 4) is 5.75 Å². The number of aliphatic hydroxyl groups is 1. The average Bonchev–Trinajstić information content (AvgIpc) is 3.13. The third-order valence-corrected chi connectivity index (χ3v) is 10.1. The van der Waals surface area contributed by atoms with E-state index in [0.29, 0.717) is 30.2 Å². The number of ether oxygens (including phenoxy) is 2. The first-order valence-corrected chi connectivity index (χ1v) is 18.3. The zero-order valence-electron chi connectivity index (χ0n) is 30.0. The van der Waals surface area contributed by atoms with Gasteiger partial charge >= 0.3 is 6.03 Å². The Bertz CT molecular complexity index is 1600. The molecule has 0 radical (unpaired) electrons. The maximum absolute atomic E-state index is 14.5. The Balaban J connectivity index is 1.37. The van der Waals surface area contributed by atoms with E-state index in [-0.39, 0.29) is 55.0 Å². The van der Waals surface area contributed by atoms with Crippen molar-refractivity contribution in [1.82, 2.24) is 9.80 Å². The number of hydrogen-bond acceptors (Lipinski definition) is 6. The third-order valence-electron chi connectivity index (χ3n) is 10.1. The van der Waals surface area contributed by atoms with Crippen LogP contribution < -0.4 is 15.4 Å². The molecular weight excluding hydrogens is 632 g/mol. The van der Waals surface area contributed by atoms with Crippen LogP contribution >= 0.6 is 0 Å². The van der Waals surface area contributed by atoms with E-state index >= 15 is 0 Å². The molecule has 0 bridgehead atoms. The smallest absolute Gasteiger partial charge is 0.321 e. The topological polar surface area (TPSA) is 120 Å². The summed E-state index contributed by atoms with van der Waals surface area (Å²) in [4.78, 5) is 44.3. The predicted molar refractivity (Wildman–Crippen MR) is 198 cm³/mol. The molecule has 1 saturated carbocycles. The first kappa shape index (κ1) is 37.1. The molecule has 0 aromatic heterocycles. The van der Waals surface area contributed by atoms with Crippen LogP contribution in [0.2, 0.25) is 0 Å². The lowest BCUT2D eigenvalue weighted by Gasteiger charge is -2.36. The number of carbonyl (C=O) groups excluding carboxylic acids is 3. The fraction of sp³-hybridized carbons (Fsp3) is 0.525. The summed E-state index contributed by atoms with van der Waals surface area (Å²) in [6.45, 7) is 6.66. The summed E-state index contributed by atoms with van der Waals surface area (Å²) in [5.41, 5.74) is 1.62. The predicted octanol–water partition coefficient (Wildman–Crippen LogP) is 7.32. The molecule has 0 unspecified atom stereocenters. The molecule has 2 aliphatic rings. The summed E-state index contributed by atoms with van der Waals surface area (Å²) < 4.78 is 12.8. The highest BCUT2D eigenvalue weighted by Gasteiger charge is 2.31. The van der Waals surface area contributed by atoms with Crippen LogP contribution in [0.4, 0.5) is 16.2 Å². The molecule has 0 saturated heterocycles. The van der Waals surface area contributed by atoms with Crippen molar-refractivity contribution in [2.45, 2.75) is 90.4 Å². The van der Waals surface area contributed by atoms with Crippen molar-refractivity contribution < 1.29 is 29.0 Å². The van der Waals surface area contributed by atoms with Gasteiger partial charge in [0.2, 0.25) is 5.91 Å². The highest BCUT2D eigenvalue weighted by molar-refractivity contribution is 6.02. The summed E-state index contributed by atoms with van der Waals surface area (Å²) in [6.07, 6.45) is 6.92. The number of amides is 4. The van der Waals surface area contributed by atoms with Gasteiger partial charge in [-0.2, -0.15) is 0 Å². The molecule has 1 aliphatic carbocycles. The van der Waals surface area contributed by atoms with Crippen LogP contribution in [0.5, 0.6) is 5.75 Å². The standard InChI is InChI=1S/C40H54N4O6/c1-27-24-44(28(2)26-45)39(47)34-23-32(41-38(46)31-15-6-5-7-16-31)20-21-36(34)50-29(3)13-10-11-22-49-37(27)25-43(4)40(48)42-35-19-12-17-30-14-8-9-18-33(30)35/h8-9,12,14,17-21,23,27-29,31,37,45H,5-7,10-11,13,15-16,22,24-26H2,1-4H3,(H,41,46)(H,42,48)/t27-,28-,29-,37-/m1/s1. The van der Waals surface area contributed by atoms with E-state index in [9.17, 15) is 19.5 Å². The van der Waals surface area contributed by atoms with Gasteiger partial charge in [0.1, 0.15) is 5.75 Å². The van der Waals surface area contributed by atoms with Gasteiger partial charge in [-0.05, 0) is 75.6 Å². The molecular formula is C40H54N4O6. The molecule has 3 aromatic carbocycles. The molecule has 50 heavy (non-hydrogen) atoms. The summed E-state index contributed by atoms with van der Waals surface area (Å²) in [7, 11) is 1.75. The average molecular weight is 687 g/mol. The fourth-order valence-electron chi connectivity index (χ4n) is 6.97. The van der Waals surface area contributed by atoms with Crippen LogP contribution in [0, 0.1) is 11.8 Å². The first-order valence-electron chi connectivity index (χ1n) is 18.3. The molecule has 270 valence electrons. The van der Waals surface area contributed by atoms with E-state index in [1.165, 1.54) is 0 Å². The molecule has 0 spiro atoms. The summed E-state index contributed by atoms with van der Waals surface area (Å²) in [6, 6.07) is 18.3. The minimum atomic E-state index is -0.503. The van der Waals surface area contributed by atoms with Crippen molar-refractivity contribution in [3.05, 3.63) is 66.2 Å². The largest absolute Gasteiger partial charge is 0.490 e. The van der Waals surface area contributed by atoms with Crippen molar-refractivity contribution in [2.75, 3.05) is 44.0 Å².